The largest absolute Gasteiger partial charge is 0.481 e. The molecular weight excluding hydrogens is 212 g/mol. The van der Waals surface area contributed by atoms with Crippen LogP contribution in [0.3, 0.4) is 0 Å². The number of hydrogen-bond acceptors (Lipinski definition) is 3. The summed E-state index contributed by atoms with van der Waals surface area (Å²) in [6.07, 6.45) is 3.36. The zero-order valence-electron chi connectivity index (χ0n) is 8.81. The molecule has 2 N–H and O–H groups in total. The molecule has 2 fully saturated rings. The van der Waals surface area contributed by atoms with Crippen molar-refractivity contribution in [3.05, 3.63) is 0 Å². The van der Waals surface area contributed by atoms with Gasteiger partial charge in [0.05, 0.1) is 6.42 Å². The first-order valence-electron chi connectivity index (χ1n) is 5.45. The molecule has 1 atom stereocenters. The molecule has 2 rings (SSSR count). The van der Waals surface area contributed by atoms with Gasteiger partial charge >= 0.3 is 12.0 Å². The topological polar surface area (TPSA) is 86.7 Å². The lowest BCUT2D eigenvalue weighted by Crippen LogP contribution is -2.39. The van der Waals surface area contributed by atoms with E-state index >= 15 is 0 Å². The summed E-state index contributed by atoms with van der Waals surface area (Å²) < 4.78 is 0. The summed E-state index contributed by atoms with van der Waals surface area (Å²) in [7, 11) is 0. The maximum Gasteiger partial charge on any atom is 0.325 e. The van der Waals surface area contributed by atoms with E-state index in [0.717, 1.165) is 25.7 Å². The Morgan fingerprint density at radius 2 is 2.00 bits per heavy atom. The number of aliphatic carboxylic acids is 1. The molecule has 0 aromatic rings. The third-order valence-corrected chi connectivity index (χ3v) is 3.12. The molecule has 88 valence electrons. The van der Waals surface area contributed by atoms with E-state index in [0.29, 0.717) is 0 Å². The maximum atomic E-state index is 11.8. The zero-order valence-corrected chi connectivity index (χ0v) is 8.81. The first-order chi connectivity index (χ1) is 7.59. The average molecular weight is 226 g/mol. The highest BCUT2D eigenvalue weighted by Gasteiger charge is 2.43. The second-order valence-electron chi connectivity index (χ2n) is 4.25. The number of carbonyl (C=O) groups is 3. The van der Waals surface area contributed by atoms with E-state index in [1.165, 1.54) is 4.90 Å². The highest BCUT2D eigenvalue weighted by molar-refractivity contribution is 6.05. The van der Waals surface area contributed by atoms with Gasteiger partial charge < -0.3 is 10.4 Å². The van der Waals surface area contributed by atoms with Crippen LogP contribution in [0.25, 0.3) is 0 Å². The monoisotopic (exact) mass is 226 g/mol. The van der Waals surface area contributed by atoms with Crippen molar-refractivity contribution < 1.29 is 19.5 Å². The number of urea groups is 1. The normalized spacial score (nSPS) is 26.2. The molecule has 1 unspecified atom stereocenters. The molecule has 0 aromatic carbocycles. The average Bonchev–Trinajstić information content (AvgIpc) is 2.76. The van der Waals surface area contributed by atoms with Crippen LogP contribution in [0, 0.1) is 0 Å². The van der Waals surface area contributed by atoms with Gasteiger partial charge in [0.1, 0.15) is 6.04 Å². The third kappa shape index (κ3) is 1.87. The smallest absolute Gasteiger partial charge is 0.325 e. The molecule has 0 aromatic heterocycles. The van der Waals surface area contributed by atoms with Crippen LogP contribution in [0.15, 0.2) is 0 Å². The fraction of sp³-hybridized carbons (Fsp3) is 0.700. The van der Waals surface area contributed by atoms with E-state index in [4.69, 9.17) is 5.11 Å². The molecule has 6 nitrogen and oxygen atoms in total. The molecule has 16 heavy (non-hydrogen) atoms. The minimum Gasteiger partial charge on any atom is -0.481 e. The van der Waals surface area contributed by atoms with Crippen molar-refractivity contribution in [2.24, 2.45) is 0 Å². The van der Waals surface area contributed by atoms with Crippen LogP contribution in [-0.4, -0.2) is 40.0 Å². The number of imide groups is 1. The van der Waals surface area contributed by atoms with Gasteiger partial charge in [0.2, 0.25) is 0 Å². The molecule has 1 aliphatic carbocycles. The Morgan fingerprint density at radius 1 is 1.38 bits per heavy atom. The number of carbonyl (C=O) groups excluding carboxylic acids is 2. The van der Waals surface area contributed by atoms with Crippen LogP contribution in [0.5, 0.6) is 0 Å². The maximum absolute atomic E-state index is 11.8. The minimum atomic E-state index is -1.08. The summed E-state index contributed by atoms with van der Waals surface area (Å²) in [5.74, 6) is -1.47. The van der Waals surface area contributed by atoms with Gasteiger partial charge in [0.25, 0.3) is 5.91 Å². The Hall–Kier alpha value is -1.59. The highest BCUT2D eigenvalue weighted by Crippen LogP contribution is 2.26. The number of carboxylic acid groups (broad SMARTS) is 1. The van der Waals surface area contributed by atoms with Gasteiger partial charge in [-0.15, -0.1) is 0 Å². The number of carboxylic acids is 1. The van der Waals surface area contributed by atoms with Crippen molar-refractivity contribution >= 4 is 17.9 Å². The van der Waals surface area contributed by atoms with Crippen LogP contribution in [0.1, 0.15) is 32.1 Å². The predicted octanol–water partition coefficient (Wildman–Crippen LogP) is 0.324. The second kappa shape index (κ2) is 4.11. The summed E-state index contributed by atoms with van der Waals surface area (Å²) in [6.45, 7) is 0. The summed E-state index contributed by atoms with van der Waals surface area (Å²) in [5.41, 5.74) is 0. The van der Waals surface area contributed by atoms with Gasteiger partial charge in [-0.25, -0.2) is 4.79 Å². The number of hydrogen-bond donors (Lipinski definition) is 2. The fourth-order valence-corrected chi connectivity index (χ4v) is 2.37. The minimum absolute atomic E-state index is 0.0358. The van der Waals surface area contributed by atoms with Gasteiger partial charge in [0.15, 0.2) is 0 Å². The Bertz CT molecular complexity index is 336. The zero-order chi connectivity index (χ0) is 11.7. The lowest BCUT2D eigenvalue weighted by molar-refractivity contribution is -0.140. The first-order valence-corrected chi connectivity index (χ1v) is 5.45. The second-order valence-corrected chi connectivity index (χ2v) is 4.25. The van der Waals surface area contributed by atoms with Crippen LogP contribution < -0.4 is 5.32 Å². The number of nitrogens with zero attached hydrogens (tertiary/aromatic N) is 1. The van der Waals surface area contributed by atoms with E-state index in [1.54, 1.807) is 0 Å². The molecule has 3 amide bonds. The molecule has 6 heteroatoms. The third-order valence-electron chi connectivity index (χ3n) is 3.12. The van der Waals surface area contributed by atoms with Gasteiger partial charge in [-0.05, 0) is 12.8 Å². The van der Waals surface area contributed by atoms with Crippen molar-refractivity contribution in [2.75, 3.05) is 0 Å². The molecule has 0 bridgehead atoms. The Kier molecular flexibility index (Phi) is 2.80. The van der Waals surface area contributed by atoms with Crippen molar-refractivity contribution in [1.82, 2.24) is 10.2 Å². The quantitative estimate of drug-likeness (QED) is 0.679. The van der Waals surface area contributed by atoms with E-state index in [1.807, 2.05) is 0 Å². The molecule has 2 aliphatic rings. The van der Waals surface area contributed by atoms with E-state index in [9.17, 15) is 14.4 Å². The number of amides is 3. The van der Waals surface area contributed by atoms with Crippen molar-refractivity contribution in [2.45, 2.75) is 44.2 Å². The number of rotatable bonds is 3. The molecular formula is C10H14N2O4. The van der Waals surface area contributed by atoms with Gasteiger partial charge in [0, 0.05) is 6.04 Å². The lowest BCUT2D eigenvalue weighted by Gasteiger charge is -2.20. The van der Waals surface area contributed by atoms with Crippen LogP contribution >= 0.6 is 0 Å². The fourth-order valence-electron chi connectivity index (χ4n) is 2.37. The van der Waals surface area contributed by atoms with Crippen LogP contribution in [0.2, 0.25) is 0 Å². The first kappa shape index (κ1) is 10.9. The Morgan fingerprint density at radius 3 is 2.56 bits per heavy atom. The predicted molar refractivity (Wildman–Crippen MR) is 53.7 cm³/mol. The van der Waals surface area contributed by atoms with Gasteiger partial charge in [-0.3, -0.25) is 14.5 Å². The highest BCUT2D eigenvalue weighted by atomic mass is 16.4. The van der Waals surface area contributed by atoms with E-state index in [2.05, 4.69) is 5.32 Å². The van der Waals surface area contributed by atoms with E-state index < -0.39 is 18.0 Å². The van der Waals surface area contributed by atoms with Crippen molar-refractivity contribution in [3.63, 3.8) is 0 Å². The number of nitrogens with one attached hydrogen (secondary N) is 1. The Labute approximate surface area is 92.6 Å². The standard InChI is InChI=1S/C10H14N2O4/c13-8(14)5-7-9(15)12(10(16)11-7)6-3-1-2-4-6/h6-7H,1-5H2,(H,11,16)(H,13,14). The Balaban J connectivity index is 2.06. The van der Waals surface area contributed by atoms with Crippen molar-refractivity contribution in [3.8, 4) is 0 Å². The lowest BCUT2D eigenvalue weighted by atomic mass is 10.1. The summed E-state index contributed by atoms with van der Waals surface area (Å²) in [4.78, 5) is 35.1. The SMILES string of the molecule is O=C(O)CC1NC(=O)N(C2CCCC2)C1=O. The molecule has 1 saturated carbocycles. The van der Waals surface area contributed by atoms with Gasteiger partial charge in [-0.2, -0.15) is 0 Å². The molecule has 0 spiro atoms. The van der Waals surface area contributed by atoms with E-state index in [-0.39, 0.29) is 18.4 Å². The molecule has 1 heterocycles. The van der Waals surface area contributed by atoms with Gasteiger partial charge in [-0.1, -0.05) is 12.8 Å². The molecule has 0 radical (unpaired) electrons. The van der Waals surface area contributed by atoms with Crippen molar-refractivity contribution in [1.29, 1.82) is 0 Å². The summed E-state index contributed by atoms with van der Waals surface area (Å²) >= 11 is 0. The summed E-state index contributed by atoms with van der Waals surface area (Å²) in [6, 6.07) is -1.36. The summed E-state index contributed by atoms with van der Waals surface area (Å²) in [5, 5.41) is 11.0. The molecule has 1 aliphatic heterocycles. The van der Waals surface area contributed by atoms with Crippen LogP contribution in [-0.2, 0) is 9.59 Å². The van der Waals surface area contributed by atoms with Crippen LogP contribution in [0.4, 0.5) is 4.79 Å². The molecule has 1 saturated heterocycles.